The maximum atomic E-state index is 2.43. The normalized spacial score (nSPS) is 27.4. The van der Waals surface area contributed by atoms with E-state index >= 15 is 0 Å². The molecule has 0 spiro atoms. The van der Waals surface area contributed by atoms with E-state index in [2.05, 4.69) is 18.0 Å². The predicted octanol–water partition coefficient (Wildman–Crippen LogP) is 7.45. The van der Waals surface area contributed by atoms with Gasteiger partial charge in [-0.05, 0) is 68.2 Å². The largest absolute Gasteiger partial charge is 0.161 e. The first-order chi connectivity index (χ1) is 11.4. The van der Waals surface area contributed by atoms with E-state index in [1.807, 2.05) is 0 Å². The van der Waals surface area contributed by atoms with Crippen LogP contribution in [0.1, 0.15) is 96.3 Å². The molecule has 3 saturated carbocycles. The van der Waals surface area contributed by atoms with Crippen molar-refractivity contribution in [1.29, 1.82) is 0 Å². The summed E-state index contributed by atoms with van der Waals surface area (Å²) < 4.78 is 0. The number of hydrogen-bond donors (Lipinski definition) is 0. The molecule has 0 aromatic carbocycles. The molecular weight excluding hydrogens is 315 g/mol. The zero-order chi connectivity index (χ0) is 15.9. The van der Waals surface area contributed by atoms with Gasteiger partial charge in [-0.15, -0.1) is 0 Å². The second-order valence-electron chi connectivity index (χ2n) is 8.45. The van der Waals surface area contributed by atoms with Gasteiger partial charge in [0.15, 0.2) is 0 Å². The number of hydrogen-bond acceptors (Lipinski definition) is 1. The van der Waals surface area contributed by atoms with Crippen molar-refractivity contribution in [2.24, 2.45) is 5.92 Å². The van der Waals surface area contributed by atoms with E-state index < -0.39 is 0 Å². The lowest BCUT2D eigenvalue weighted by atomic mass is 9.87. The minimum absolute atomic E-state index is 0.312. The summed E-state index contributed by atoms with van der Waals surface area (Å²) in [7, 11) is 0.312. The molecule has 1 unspecified atom stereocenters. The number of rotatable bonds is 6. The summed E-state index contributed by atoms with van der Waals surface area (Å²) in [5, 5.41) is 1.00. The minimum Gasteiger partial charge on any atom is -0.161 e. The van der Waals surface area contributed by atoms with Crippen LogP contribution in [-0.2, 0) is 0 Å². The van der Waals surface area contributed by atoms with Crippen molar-refractivity contribution in [3.63, 3.8) is 0 Å². The molecule has 0 radical (unpaired) electrons. The van der Waals surface area contributed by atoms with Gasteiger partial charge in [-0.1, -0.05) is 65.7 Å². The summed E-state index contributed by atoms with van der Waals surface area (Å²) in [5.41, 5.74) is 2.31. The van der Waals surface area contributed by atoms with Crippen LogP contribution in [0.25, 0.3) is 0 Å². The quantitative estimate of drug-likeness (QED) is 0.446. The third kappa shape index (κ3) is 5.37. The Morgan fingerprint density at radius 1 is 0.696 bits per heavy atom. The molecule has 3 rings (SSSR count). The van der Waals surface area contributed by atoms with Gasteiger partial charge in [0, 0.05) is 5.25 Å². The molecule has 3 aliphatic carbocycles. The Hall–Kier alpha value is 0.780. The summed E-state index contributed by atoms with van der Waals surface area (Å²) in [6, 6.07) is 0. The molecule has 0 amide bonds. The van der Waals surface area contributed by atoms with Crippen LogP contribution in [0.5, 0.6) is 0 Å². The average Bonchev–Trinajstić information content (AvgIpc) is 2.65. The SMILES string of the molecule is CSC(CP(C1CCCCC1)C1CCCCC1)C1CCCCC1. The molecule has 1 atom stereocenters. The highest BCUT2D eigenvalue weighted by Gasteiger charge is 2.34. The van der Waals surface area contributed by atoms with Gasteiger partial charge in [-0.25, -0.2) is 0 Å². The van der Waals surface area contributed by atoms with Gasteiger partial charge in [0.1, 0.15) is 0 Å². The molecule has 0 aromatic rings. The molecular formula is C21H39PS. The van der Waals surface area contributed by atoms with Gasteiger partial charge in [0.25, 0.3) is 0 Å². The van der Waals surface area contributed by atoms with Crippen molar-refractivity contribution < 1.29 is 0 Å². The van der Waals surface area contributed by atoms with Crippen molar-refractivity contribution in [3.8, 4) is 0 Å². The summed E-state index contributed by atoms with van der Waals surface area (Å²) in [6.07, 6.45) is 27.3. The summed E-state index contributed by atoms with van der Waals surface area (Å²) in [5.74, 6) is 1.07. The standard InChI is InChI=1S/C21H39PS/c1-23-21(18-11-5-2-6-12-18)17-22(19-13-7-3-8-14-19)20-15-9-4-10-16-20/h18-21H,2-17H2,1H3. The summed E-state index contributed by atoms with van der Waals surface area (Å²) in [4.78, 5) is 0. The Balaban J connectivity index is 1.65. The fourth-order valence-electron chi connectivity index (χ4n) is 5.55. The van der Waals surface area contributed by atoms with Crippen LogP contribution >= 0.6 is 19.7 Å². The molecule has 0 aromatic heterocycles. The first kappa shape index (κ1) is 18.6. The molecule has 134 valence electrons. The van der Waals surface area contributed by atoms with E-state index in [1.54, 1.807) is 70.4 Å². The molecule has 3 aliphatic rings. The maximum absolute atomic E-state index is 2.43. The highest BCUT2D eigenvalue weighted by Crippen LogP contribution is 2.57. The highest BCUT2D eigenvalue weighted by molar-refractivity contribution is 7.99. The van der Waals surface area contributed by atoms with Crippen LogP contribution in [0.15, 0.2) is 0 Å². The van der Waals surface area contributed by atoms with Crippen LogP contribution in [0.4, 0.5) is 0 Å². The molecule has 0 nitrogen and oxygen atoms in total. The van der Waals surface area contributed by atoms with Gasteiger partial charge in [-0.2, -0.15) is 11.8 Å². The fourth-order valence-corrected chi connectivity index (χ4v) is 11.3. The molecule has 3 fully saturated rings. The van der Waals surface area contributed by atoms with E-state index in [-0.39, 0.29) is 0 Å². The van der Waals surface area contributed by atoms with Gasteiger partial charge < -0.3 is 0 Å². The van der Waals surface area contributed by atoms with Crippen LogP contribution in [0.2, 0.25) is 0 Å². The van der Waals surface area contributed by atoms with E-state index in [0.29, 0.717) is 7.92 Å². The third-order valence-electron chi connectivity index (χ3n) is 6.96. The Kier molecular flexibility index (Phi) is 8.12. The van der Waals surface area contributed by atoms with E-state index in [0.717, 1.165) is 22.5 Å². The fraction of sp³-hybridized carbons (Fsp3) is 1.00. The molecule has 23 heavy (non-hydrogen) atoms. The molecule has 0 N–H and O–H groups in total. The van der Waals surface area contributed by atoms with Crippen LogP contribution in [-0.4, -0.2) is 29.0 Å². The first-order valence-corrected chi connectivity index (χ1v) is 13.6. The zero-order valence-electron chi connectivity index (χ0n) is 15.5. The monoisotopic (exact) mass is 354 g/mol. The second-order valence-corrected chi connectivity index (χ2v) is 12.4. The Labute approximate surface area is 151 Å². The lowest BCUT2D eigenvalue weighted by Crippen LogP contribution is -2.29. The van der Waals surface area contributed by atoms with Gasteiger partial charge in [0.05, 0.1) is 0 Å². The van der Waals surface area contributed by atoms with E-state index in [4.69, 9.17) is 0 Å². The highest BCUT2D eigenvalue weighted by atomic mass is 32.2. The summed E-state index contributed by atoms with van der Waals surface area (Å²) >= 11 is 2.25. The van der Waals surface area contributed by atoms with Crippen molar-refractivity contribution in [2.75, 3.05) is 12.4 Å². The molecule has 0 heterocycles. The van der Waals surface area contributed by atoms with Crippen molar-refractivity contribution >= 4 is 19.7 Å². The Morgan fingerprint density at radius 3 is 1.57 bits per heavy atom. The minimum atomic E-state index is 0.312. The second kappa shape index (κ2) is 10.1. The van der Waals surface area contributed by atoms with E-state index in [1.165, 1.54) is 32.1 Å². The smallest absolute Gasteiger partial charge is 0.0112 e. The Morgan fingerprint density at radius 2 is 1.13 bits per heavy atom. The summed E-state index contributed by atoms with van der Waals surface area (Å²) in [6.45, 7) is 0. The van der Waals surface area contributed by atoms with Gasteiger partial charge in [-0.3, -0.25) is 0 Å². The van der Waals surface area contributed by atoms with Crippen LogP contribution in [0, 0.1) is 5.92 Å². The molecule has 2 heteroatoms. The Bertz CT molecular complexity index is 296. The lowest BCUT2D eigenvalue weighted by molar-refractivity contribution is 0.357. The molecule has 0 saturated heterocycles. The van der Waals surface area contributed by atoms with Crippen molar-refractivity contribution in [2.45, 2.75) is 113 Å². The van der Waals surface area contributed by atoms with E-state index in [9.17, 15) is 0 Å². The van der Waals surface area contributed by atoms with Crippen molar-refractivity contribution in [1.82, 2.24) is 0 Å². The first-order valence-electron chi connectivity index (χ1n) is 10.7. The zero-order valence-corrected chi connectivity index (χ0v) is 17.2. The average molecular weight is 355 g/mol. The van der Waals surface area contributed by atoms with Crippen LogP contribution in [0.3, 0.4) is 0 Å². The number of thioether (sulfide) groups is 1. The molecule has 0 aliphatic heterocycles. The molecule has 0 bridgehead atoms. The van der Waals surface area contributed by atoms with Crippen molar-refractivity contribution in [3.05, 3.63) is 0 Å². The maximum Gasteiger partial charge on any atom is 0.0112 e. The van der Waals surface area contributed by atoms with Gasteiger partial charge >= 0.3 is 0 Å². The van der Waals surface area contributed by atoms with Gasteiger partial charge in [0.2, 0.25) is 0 Å². The van der Waals surface area contributed by atoms with Crippen LogP contribution < -0.4 is 0 Å². The topological polar surface area (TPSA) is 0 Å². The third-order valence-corrected chi connectivity index (χ3v) is 12.1. The predicted molar refractivity (Wildman–Crippen MR) is 109 cm³/mol. The lowest BCUT2D eigenvalue weighted by Gasteiger charge is -2.42.